The minimum atomic E-state index is -0.490. The Morgan fingerprint density at radius 1 is 1.19 bits per heavy atom. The van der Waals surface area contributed by atoms with Gasteiger partial charge in [0, 0.05) is 22.5 Å². The second kappa shape index (κ2) is 8.41. The van der Waals surface area contributed by atoms with Crippen molar-refractivity contribution in [3.05, 3.63) is 57.9 Å². The molecule has 5 nitrogen and oxygen atoms in total. The molecule has 0 aliphatic carbocycles. The molecule has 26 heavy (non-hydrogen) atoms. The van der Waals surface area contributed by atoms with Gasteiger partial charge in [0.2, 0.25) is 0 Å². The Labute approximate surface area is 159 Å². The first-order chi connectivity index (χ1) is 12.2. The van der Waals surface area contributed by atoms with Crippen molar-refractivity contribution < 1.29 is 14.3 Å². The summed E-state index contributed by atoms with van der Waals surface area (Å²) in [7, 11) is 0. The summed E-state index contributed by atoms with van der Waals surface area (Å²) in [4.78, 5) is 24.4. The molecule has 0 radical (unpaired) electrons. The normalized spacial score (nSPS) is 12.1. The number of nitrogens with zero attached hydrogens (tertiary/aromatic N) is 1. The van der Waals surface area contributed by atoms with Crippen LogP contribution in [0.4, 0.5) is 0 Å². The van der Waals surface area contributed by atoms with Gasteiger partial charge in [0.25, 0.3) is 5.91 Å². The van der Waals surface area contributed by atoms with E-state index < -0.39 is 5.97 Å². The summed E-state index contributed by atoms with van der Waals surface area (Å²) in [6.07, 6.45) is 0. The standard InChI is InChI=1S/C20H25ClN2O3/c1-12(2)23-13(3)9-18(15(23)5)20(25)26-11-19(24)22-14(4)16-7-6-8-17(21)10-16/h6-10,12,14H,11H2,1-5H3,(H,22,24)/t14-/m0/s1. The van der Waals surface area contributed by atoms with Gasteiger partial charge in [-0.2, -0.15) is 0 Å². The Balaban J connectivity index is 1.95. The van der Waals surface area contributed by atoms with Crippen molar-refractivity contribution in [1.82, 2.24) is 9.88 Å². The van der Waals surface area contributed by atoms with Crippen LogP contribution < -0.4 is 5.32 Å². The van der Waals surface area contributed by atoms with Crippen LogP contribution in [0, 0.1) is 13.8 Å². The Kier molecular flexibility index (Phi) is 6.48. The molecule has 0 spiro atoms. The van der Waals surface area contributed by atoms with Gasteiger partial charge in [-0.3, -0.25) is 4.79 Å². The molecule has 2 aromatic rings. The van der Waals surface area contributed by atoms with Crippen LogP contribution in [0.25, 0.3) is 0 Å². The number of aromatic nitrogens is 1. The van der Waals surface area contributed by atoms with E-state index >= 15 is 0 Å². The molecule has 1 aromatic heterocycles. The van der Waals surface area contributed by atoms with E-state index in [0.29, 0.717) is 10.6 Å². The van der Waals surface area contributed by atoms with Gasteiger partial charge in [-0.15, -0.1) is 0 Å². The lowest BCUT2D eigenvalue weighted by Gasteiger charge is -2.15. The maximum Gasteiger partial charge on any atom is 0.340 e. The molecule has 2 rings (SSSR count). The van der Waals surface area contributed by atoms with Crippen LogP contribution >= 0.6 is 11.6 Å². The van der Waals surface area contributed by atoms with Gasteiger partial charge >= 0.3 is 5.97 Å². The number of benzene rings is 1. The highest BCUT2D eigenvalue weighted by molar-refractivity contribution is 6.30. The number of hydrogen-bond acceptors (Lipinski definition) is 3. The number of carbonyl (C=O) groups excluding carboxylic acids is 2. The van der Waals surface area contributed by atoms with Crippen molar-refractivity contribution in [3.63, 3.8) is 0 Å². The van der Waals surface area contributed by atoms with Crippen LogP contribution in [0.3, 0.4) is 0 Å². The van der Waals surface area contributed by atoms with E-state index in [2.05, 4.69) is 23.7 Å². The molecule has 0 saturated carbocycles. The second-order valence-electron chi connectivity index (χ2n) is 6.67. The molecule has 1 atom stereocenters. The average molecular weight is 377 g/mol. The fourth-order valence-electron chi connectivity index (χ4n) is 3.13. The first kappa shape index (κ1) is 20.0. The molecule has 0 unspecified atom stereocenters. The van der Waals surface area contributed by atoms with E-state index in [0.717, 1.165) is 17.0 Å². The van der Waals surface area contributed by atoms with Gasteiger partial charge in [-0.05, 0) is 58.4 Å². The van der Waals surface area contributed by atoms with Gasteiger partial charge in [0.1, 0.15) is 0 Å². The highest BCUT2D eigenvalue weighted by Crippen LogP contribution is 2.21. The monoisotopic (exact) mass is 376 g/mol. The van der Waals surface area contributed by atoms with Crippen LogP contribution in [0.15, 0.2) is 30.3 Å². The minimum absolute atomic E-state index is 0.231. The van der Waals surface area contributed by atoms with E-state index in [1.165, 1.54) is 0 Å². The van der Waals surface area contributed by atoms with Crippen LogP contribution in [0.5, 0.6) is 0 Å². The zero-order chi connectivity index (χ0) is 19.4. The van der Waals surface area contributed by atoms with Crippen molar-refractivity contribution in [2.45, 2.75) is 46.7 Å². The summed E-state index contributed by atoms with van der Waals surface area (Å²) in [6.45, 7) is 9.46. The zero-order valence-corrected chi connectivity index (χ0v) is 16.6. The SMILES string of the molecule is Cc1cc(C(=O)OCC(=O)N[C@@H](C)c2cccc(Cl)c2)c(C)n1C(C)C. The molecule has 0 fully saturated rings. The second-order valence-corrected chi connectivity index (χ2v) is 7.11. The molecule has 6 heteroatoms. The Morgan fingerprint density at radius 2 is 1.88 bits per heavy atom. The first-order valence-electron chi connectivity index (χ1n) is 8.61. The number of esters is 1. The number of hydrogen-bond donors (Lipinski definition) is 1. The lowest BCUT2D eigenvalue weighted by molar-refractivity contribution is -0.124. The van der Waals surface area contributed by atoms with E-state index in [9.17, 15) is 9.59 Å². The fraction of sp³-hybridized carbons (Fsp3) is 0.400. The average Bonchev–Trinajstić information content (AvgIpc) is 2.87. The number of halogens is 1. The topological polar surface area (TPSA) is 60.3 Å². The predicted octanol–water partition coefficient (Wildman–Crippen LogP) is 4.37. The van der Waals surface area contributed by atoms with Crippen LogP contribution in [-0.4, -0.2) is 23.1 Å². The summed E-state index contributed by atoms with van der Waals surface area (Å²) in [5, 5.41) is 3.41. The largest absolute Gasteiger partial charge is 0.452 e. The minimum Gasteiger partial charge on any atom is -0.452 e. The van der Waals surface area contributed by atoms with Gasteiger partial charge in [-0.25, -0.2) is 4.79 Å². The lowest BCUT2D eigenvalue weighted by atomic mass is 10.1. The summed E-state index contributed by atoms with van der Waals surface area (Å²) in [5.74, 6) is -0.848. The third-order valence-electron chi connectivity index (χ3n) is 4.28. The van der Waals surface area contributed by atoms with Crippen LogP contribution in [-0.2, 0) is 9.53 Å². The van der Waals surface area contributed by atoms with Crippen molar-refractivity contribution in [1.29, 1.82) is 0 Å². The van der Waals surface area contributed by atoms with E-state index in [-0.39, 0.29) is 24.6 Å². The highest BCUT2D eigenvalue weighted by atomic mass is 35.5. The van der Waals surface area contributed by atoms with E-state index in [1.54, 1.807) is 18.2 Å². The molecule has 0 saturated heterocycles. The van der Waals surface area contributed by atoms with Crippen molar-refractivity contribution in [2.75, 3.05) is 6.61 Å². The van der Waals surface area contributed by atoms with Crippen LogP contribution in [0.2, 0.25) is 5.02 Å². The summed E-state index contributed by atoms with van der Waals surface area (Å²) in [6, 6.07) is 9.08. The quantitative estimate of drug-likeness (QED) is 0.761. The molecular formula is C20H25ClN2O3. The fourth-order valence-corrected chi connectivity index (χ4v) is 3.33. The number of aryl methyl sites for hydroxylation is 1. The van der Waals surface area contributed by atoms with Gasteiger partial charge < -0.3 is 14.6 Å². The van der Waals surface area contributed by atoms with Gasteiger partial charge in [0.15, 0.2) is 6.61 Å². The van der Waals surface area contributed by atoms with Gasteiger partial charge in [-0.1, -0.05) is 23.7 Å². The Hall–Kier alpha value is -2.27. The van der Waals surface area contributed by atoms with E-state index in [4.69, 9.17) is 16.3 Å². The van der Waals surface area contributed by atoms with Crippen molar-refractivity contribution in [2.24, 2.45) is 0 Å². The Morgan fingerprint density at radius 3 is 2.46 bits per heavy atom. The lowest BCUT2D eigenvalue weighted by Crippen LogP contribution is -2.31. The summed E-state index contributed by atoms with van der Waals surface area (Å²) in [5.41, 5.74) is 3.21. The predicted molar refractivity (Wildman–Crippen MR) is 103 cm³/mol. The van der Waals surface area contributed by atoms with Crippen LogP contribution in [0.1, 0.15) is 60.2 Å². The molecule has 1 N–H and O–H groups in total. The maximum absolute atomic E-state index is 12.3. The molecule has 1 aromatic carbocycles. The van der Waals surface area contributed by atoms with Crippen molar-refractivity contribution >= 4 is 23.5 Å². The molecule has 1 heterocycles. The van der Waals surface area contributed by atoms with Crippen molar-refractivity contribution in [3.8, 4) is 0 Å². The number of amides is 1. The highest BCUT2D eigenvalue weighted by Gasteiger charge is 2.19. The first-order valence-corrected chi connectivity index (χ1v) is 8.99. The molecule has 1 amide bonds. The smallest absolute Gasteiger partial charge is 0.340 e. The third-order valence-corrected chi connectivity index (χ3v) is 4.52. The summed E-state index contributed by atoms with van der Waals surface area (Å²) < 4.78 is 7.26. The number of ether oxygens (including phenoxy) is 1. The molecule has 0 bridgehead atoms. The molecule has 0 aliphatic heterocycles. The molecular weight excluding hydrogens is 352 g/mol. The molecule has 140 valence electrons. The summed E-state index contributed by atoms with van der Waals surface area (Å²) >= 11 is 5.96. The number of nitrogens with one attached hydrogen (secondary N) is 1. The number of carbonyl (C=O) groups is 2. The number of rotatable bonds is 6. The van der Waals surface area contributed by atoms with Gasteiger partial charge in [0.05, 0.1) is 11.6 Å². The zero-order valence-electron chi connectivity index (χ0n) is 15.8. The Bertz CT molecular complexity index is 811. The molecule has 0 aliphatic rings. The third kappa shape index (κ3) is 4.67. The maximum atomic E-state index is 12.3. The van der Waals surface area contributed by atoms with E-state index in [1.807, 2.05) is 32.9 Å².